The maximum Gasteiger partial charge on any atom is 0.301 e. The van der Waals surface area contributed by atoms with Crippen LogP contribution in [0.25, 0.3) is 0 Å². The summed E-state index contributed by atoms with van der Waals surface area (Å²) < 4.78 is 29.5. The number of hydrogen-bond donors (Lipinski definition) is 3. The smallest absolute Gasteiger partial charge is 0.301 e. The molecule has 66 valence electrons. The second-order valence-corrected chi connectivity index (χ2v) is 3.46. The monoisotopic (exact) mass is 190 g/mol. The molecule has 0 aromatic heterocycles. The van der Waals surface area contributed by atoms with Crippen LogP contribution >= 0.6 is 0 Å². The van der Waals surface area contributed by atoms with Crippen LogP contribution in [0.1, 0.15) is 0 Å². The maximum atomic E-state index is 10.5. The minimum absolute atomic E-state index is 0.683. The Hall–Kier alpha value is -1.27. The Balaban J connectivity index is 3.53. The van der Waals surface area contributed by atoms with E-state index in [0.29, 0.717) is 0 Å². The largest absolute Gasteiger partial charge is 0.506 e. The molecule has 1 aromatic rings. The van der Waals surface area contributed by atoms with Gasteiger partial charge in [-0.25, -0.2) is 0 Å². The molecular formula is C6H6O5S. The highest BCUT2D eigenvalue weighted by atomic mass is 32.2. The summed E-state index contributed by atoms with van der Waals surface area (Å²) in [6.07, 6.45) is 0. The SMILES string of the molecule is O=S(=O)(O)c1c(O)cccc1O. The lowest BCUT2D eigenvalue weighted by Crippen LogP contribution is -1.98. The van der Waals surface area contributed by atoms with Gasteiger partial charge in [-0.2, -0.15) is 8.42 Å². The van der Waals surface area contributed by atoms with Crippen LogP contribution in [-0.2, 0) is 10.1 Å². The van der Waals surface area contributed by atoms with E-state index in [1.807, 2.05) is 0 Å². The minimum Gasteiger partial charge on any atom is -0.506 e. The van der Waals surface area contributed by atoms with Crippen LogP contribution in [0.5, 0.6) is 11.5 Å². The quantitative estimate of drug-likeness (QED) is 0.555. The fourth-order valence-electron chi connectivity index (χ4n) is 0.777. The molecule has 0 saturated heterocycles. The molecule has 0 heterocycles. The van der Waals surface area contributed by atoms with Crippen molar-refractivity contribution in [2.75, 3.05) is 0 Å². The molecular weight excluding hydrogens is 184 g/mol. The third-order valence-electron chi connectivity index (χ3n) is 1.23. The first-order valence-electron chi connectivity index (χ1n) is 2.91. The fraction of sp³-hybridized carbons (Fsp3) is 0. The Morgan fingerprint density at radius 1 is 1.08 bits per heavy atom. The molecule has 0 bridgehead atoms. The summed E-state index contributed by atoms with van der Waals surface area (Å²) >= 11 is 0. The van der Waals surface area contributed by atoms with Gasteiger partial charge in [0.15, 0.2) is 4.90 Å². The van der Waals surface area contributed by atoms with Crippen molar-refractivity contribution in [3.05, 3.63) is 18.2 Å². The van der Waals surface area contributed by atoms with Crippen LogP contribution < -0.4 is 0 Å². The van der Waals surface area contributed by atoms with E-state index in [1.165, 1.54) is 6.07 Å². The van der Waals surface area contributed by atoms with Gasteiger partial charge in [0.05, 0.1) is 0 Å². The van der Waals surface area contributed by atoms with Gasteiger partial charge in [0.25, 0.3) is 0 Å². The van der Waals surface area contributed by atoms with E-state index in [0.717, 1.165) is 12.1 Å². The van der Waals surface area contributed by atoms with Crippen molar-refractivity contribution in [3.8, 4) is 11.5 Å². The Morgan fingerprint density at radius 2 is 1.50 bits per heavy atom. The van der Waals surface area contributed by atoms with E-state index in [1.54, 1.807) is 0 Å². The lowest BCUT2D eigenvalue weighted by Gasteiger charge is -2.01. The first-order chi connectivity index (χ1) is 5.43. The first kappa shape index (κ1) is 8.82. The Morgan fingerprint density at radius 3 is 1.75 bits per heavy atom. The maximum absolute atomic E-state index is 10.5. The topological polar surface area (TPSA) is 94.8 Å². The molecule has 0 aliphatic rings. The van der Waals surface area contributed by atoms with Gasteiger partial charge in [0.1, 0.15) is 11.5 Å². The molecule has 0 aliphatic heterocycles. The molecule has 3 N–H and O–H groups in total. The molecule has 0 radical (unpaired) electrons. The Labute approximate surface area is 68.6 Å². The molecule has 0 fully saturated rings. The zero-order valence-electron chi connectivity index (χ0n) is 5.80. The molecule has 0 atom stereocenters. The first-order valence-corrected chi connectivity index (χ1v) is 4.35. The zero-order chi connectivity index (χ0) is 9.35. The number of phenols is 2. The van der Waals surface area contributed by atoms with Gasteiger partial charge < -0.3 is 10.2 Å². The van der Waals surface area contributed by atoms with Crippen LogP contribution in [0.15, 0.2) is 23.1 Å². The van der Waals surface area contributed by atoms with Gasteiger partial charge in [-0.15, -0.1) is 0 Å². The lowest BCUT2D eigenvalue weighted by atomic mass is 10.3. The molecule has 1 rings (SSSR count). The van der Waals surface area contributed by atoms with Crippen LogP contribution in [0.4, 0.5) is 0 Å². The minimum atomic E-state index is -4.56. The van der Waals surface area contributed by atoms with Crippen LogP contribution in [-0.4, -0.2) is 23.2 Å². The molecule has 1 aromatic carbocycles. The van der Waals surface area contributed by atoms with Crippen molar-refractivity contribution in [2.45, 2.75) is 4.90 Å². The predicted octanol–water partition coefficient (Wildman–Crippen LogP) is 0.344. The molecule has 0 saturated carbocycles. The predicted molar refractivity (Wildman–Crippen MR) is 39.6 cm³/mol. The molecule has 0 amide bonds. The lowest BCUT2D eigenvalue weighted by molar-refractivity contribution is 0.410. The standard InChI is InChI=1S/C6H6O5S/c7-4-2-1-3-5(8)6(4)12(9,10)11/h1-3,7-8H,(H,9,10,11). The molecule has 0 spiro atoms. The van der Waals surface area contributed by atoms with Gasteiger partial charge in [-0.3, -0.25) is 4.55 Å². The number of benzene rings is 1. The highest BCUT2D eigenvalue weighted by molar-refractivity contribution is 7.86. The van der Waals surface area contributed by atoms with E-state index in [4.69, 9.17) is 14.8 Å². The highest BCUT2D eigenvalue weighted by Gasteiger charge is 2.19. The Kier molecular flexibility index (Phi) is 1.95. The zero-order valence-corrected chi connectivity index (χ0v) is 6.61. The molecule has 6 heteroatoms. The second kappa shape index (κ2) is 2.65. The van der Waals surface area contributed by atoms with Crippen LogP contribution in [0.3, 0.4) is 0 Å². The normalized spacial score (nSPS) is 11.4. The highest BCUT2D eigenvalue weighted by Crippen LogP contribution is 2.30. The third kappa shape index (κ3) is 1.49. The average molecular weight is 190 g/mol. The number of aromatic hydroxyl groups is 2. The molecule has 0 unspecified atom stereocenters. The van der Waals surface area contributed by atoms with Gasteiger partial charge in [-0.1, -0.05) is 6.07 Å². The molecule has 0 aliphatic carbocycles. The van der Waals surface area contributed by atoms with Crippen molar-refractivity contribution in [2.24, 2.45) is 0 Å². The summed E-state index contributed by atoms with van der Waals surface area (Å²) in [5.74, 6) is -1.37. The number of hydrogen-bond acceptors (Lipinski definition) is 4. The van der Waals surface area contributed by atoms with Crippen LogP contribution in [0, 0.1) is 0 Å². The van der Waals surface area contributed by atoms with Crippen molar-refractivity contribution >= 4 is 10.1 Å². The summed E-state index contributed by atoms with van der Waals surface area (Å²) in [7, 11) is -4.56. The molecule has 12 heavy (non-hydrogen) atoms. The summed E-state index contributed by atoms with van der Waals surface area (Å²) in [4.78, 5) is -0.870. The second-order valence-electron chi connectivity index (χ2n) is 2.10. The van der Waals surface area contributed by atoms with Crippen LogP contribution in [0.2, 0.25) is 0 Å². The van der Waals surface area contributed by atoms with E-state index >= 15 is 0 Å². The van der Waals surface area contributed by atoms with Crippen molar-refractivity contribution in [1.29, 1.82) is 0 Å². The van der Waals surface area contributed by atoms with Crippen molar-refractivity contribution in [1.82, 2.24) is 0 Å². The number of phenolic OH excluding ortho intramolecular Hbond substituents is 2. The molecule has 5 nitrogen and oxygen atoms in total. The fourth-order valence-corrected chi connectivity index (χ4v) is 1.44. The van der Waals surface area contributed by atoms with Gasteiger partial charge in [-0.05, 0) is 12.1 Å². The summed E-state index contributed by atoms with van der Waals surface area (Å²) in [6, 6.07) is 3.34. The van der Waals surface area contributed by atoms with E-state index < -0.39 is 26.5 Å². The third-order valence-corrected chi connectivity index (χ3v) is 2.17. The van der Waals surface area contributed by atoms with Crippen molar-refractivity contribution in [3.63, 3.8) is 0 Å². The average Bonchev–Trinajstić information content (AvgIpc) is 1.82. The van der Waals surface area contributed by atoms with Gasteiger partial charge in [0.2, 0.25) is 0 Å². The van der Waals surface area contributed by atoms with Crippen molar-refractivity contribution < 1.29 is 23.2 Å². The van der Waals surface area contributed by atoms with Gasteiger partial charge in [0, 0.05) is 0 Å². The Bertz CT molecular complexity index is 374. The summed E-state index contributed by atoms with van der Waals surface area (Å²) in [5.41, 5.74) is 0. The summed E-state index contributed by atoms with van der Waals surface area (Å²) in [5, 5.41) is 17.9. The van der Waals surface area contributed by atoms with E-state index in [-0.39, 0.29) is 0 Å². The summed E-state index contributed by atoms with van der Waals surface area (Å²) in [6.45, 7) is 0. The van der Waals surface area contributed by atoms with E-state index in [2.05, 4.69) is 0 Å². The van der Waals surface area contributed by atoms with Gasteiger partial charge >= 0.3 is 10.1 Å². The van der Waals surface area contributed by atoms with E-state index in [9.17, 15) is 8.42 Å². The number of rotatable bonds is 1.